The lowest BCUT2D eigenvalue weighted by Crippen LogP contribution is -2.43. The average molecular weight is 598 g/mol. The zero-order valence-electron chi connectivity index (χ0n) is 23.7. The van der Waals surface area contributed by atoms with Crippen LogP contribution in [0.4, 0.5) is 4.79 Å². The number of carbonyl (C=O) groups excluding carboxylic acids is 1. The molecule has 0 radical (unpaired) electrons. The molecule has 0 saturated heterocycles. The quantitative estimate of drug-likeness (QED) is 0.281. The highest BCUT2D eigenvalue weighted by Gasteiger charge is 2.35. The molecule has 0 aliphatic carbocycles. The van der Waals surface area contributed by atoms with Crippen molar-refractivity contribution in [3.63, 3.8) is 0 Å². The van der Waals surface area contributed by atoms with Crippen LogP contribution < -0.4 is 9.47 Å². The third kappa shape index (κ3) is 4.81. The number of rotatable bonds is 4. The first-order chi connectivity index (χ1) is 19.2. The monoisotopic (exact) mass is 597 g/mol. The summed E-state index contributed by atoms with van der Waals surface area (Å²) in [7, 11) is 3.26. The number of fused-ring (bicyclic) bond motifs is 3. The average Bonchev–Trinajstić information content (AvgIpc) is 3.43. The topological polar surface area (TPSA) is 112 Å². The van der Waals surface area contributed by atoms with E-state index in [4.69, 9.17) is 37.8 Å². The van der Waals surface area contributed by atoms with E-state index in [1.165, 1.54) is 7.11 Å². The minimum atomic E-state index is -1.19. The molecular formula is C29H29Cl2N5O5. The summed E-state index contributed by atoms with van der Waals surface area (Å²) in [6.07, 6.45) is -1.19. The number of carbonyl (C=O) groups is 2. The molecule has 1 amide bonds. The molecular weight excluding hydrogens is 569 g/mol. The van der Waals surface area contributed by atoms with Crippen LogP contribution in [-0.4, -0.2) is 61.3 Å². The van der Waals surface area contributed by atoms with Gasteiger partial charge in [-0.15, -0.1) is 0 Å². The zero-order valence-corrected chi connectivity index (χ0v) is 25.2. The molecule has 0 saturated carbocycles. The predicted molar refractivity (Wildman–Crippen MR) is 156 cm³/mol. The van der Waals surface area contributed by atoms with E-state index in [2.05, 4.69) is 5.10 Å². The van der Waals surface area contributed by atoms with Gasteiger partial charge in [0, 0.05) is 51.0 Å². The second-order valence-electron chi connectivity index (χ2n) is 10.8. The molecule has 41 heavy (non-hydrogen) atoms. The van der Waals surface area contributed by atoms with Gasteiger partial charge in [0.15, 0.2) is 5.69 Å². The number of ether oxygens (including phenoxy) is 2. The van der Waals surface area contributed by atoms with E-state index >= 15 is 0 Å². The molecule has 0 spiro atoms. The second-order valence-corrected chi connectivity index (χ2v) is 11.7. The number of halogens is 2. The van der Waals surface area contributed by atoms with Gasteiger partial charge < -0.3 is 19.5 Å². The smallest absolute Gasteiger partial charge is 0.432 e. The van der Waals surface area contributed by atoms with Crippen LogP contribution >= 0.6 is 23.2 Å². The van der Waals surface area contributed by atoms with Gasteiger partial charge in [0.05, 0.1) is 29.9 Å². The number of amides is 1. The van der Waals surface area contributed by atoms with Crippen LogP contribution in [0.25, 0.3) is 28.1 Å². The van der Waals surface area contributed by atoms with Crippen LogP contribution in [0.5, 0.6) is 11.5 Å². The Bertz CT molecular complexity index is 1710. The minimum Gasteiger partial charge on any atom is -0.496 e. The van der Waals surface area contributed by atoms with Crippen molar-refractivity contribution < 1.29 is 24.2 Å². The normalized spacial score (nSPS) is 12.4. The van der Waals surface area contributed by atoms with E-state index in [-0.39, 0.29) is 18.2 Å². The molecule has 0 bridgehead atoms. The highest BCUT2D eigenvalue weighted by molar-refractivity contribution is 6.34. The molecule has 214 valence electrons. The molecule has 12 heteroatoms. The summed E-state index contributed by atoms with van der Waals surface area (Å²) < 4.78 is 14.5. The lowest BCUT2D eigenvalue weighted by atomic mass is 9.94. The first-order valence-corrected chi connectivity index (χ1v) is 13.5. The van der Waals surface area contributed by atoms with Gasteiger partial charge >= 0.3 is 6.09 Å². The van der Waals surface area contributed by atoms with Gasteiger partial charge in [-0.2, -0.15) is 14.9 Å². The maximum Gasteiger partial charge on any atom is 0.432 e. The van der Waals surface area contributed by atoms with Crippen molar-refractivity contribution in [1.29, 1.82) is 0 Å². The maximum atomic E-state index is 13.8. The van der Waals surface area contributed by atoms with Crippen LogP contribution in [0.15, 0.2) is 30.3 Å². The SMILES string of the molecule is COc1cc2c(cc1-c1c(C)nn(C(=O)O)c1C)-c1c(c(C(=O)N(C)C(C)(C)C)nn1-c1cc(Cl)cc(Cl)c1)CO2. The summed E-state index contributed by atoms with van der Waals surface area (Å²) >= 11 is 12.7. The van der Waals surface area contributed by atoms with Gasteiger partial charge in [0.1, 0.15) is 18.1 Å². The molecule has 2 aromatic heterocycles. The van der Waals surface area contributed by atoms with E-state index in [1.807, 2.05) is 26.8 Å². The Kier molecular flexibility index (Phi) is 7.03. The summed E-state index contributed by atoms with van der Waals surface area (Å²) in [5.74, 6) is 0.719. The Labute approximate surface area is 247 Å². The Morgan fingerprint density at radius 3 is 2.27 bits per heavy atom. The first kappa shape index (κ1) is 28.5. The van der Waals surface area contributed by atoms with Gasteiger partial charge in [-0.25, -0.2) is 9.48 Å². The van der Waals surface area contributed by atoms with E-state index in [0.29, 0.717) is 66.6 Å². The Balaban J connectivity index is 1.82. The van der Waals surface area contributed by atoms with Gasteiger partial charge in [0.25, 0.3) is 5.91 Å². The predicted octanol–water partition coefficient (Wildman–Crippen LogP) is 6.62. The van der Waals surface area contributed by atoms with Crippen molar-refractivity contribution >= 4 is 35.2 Å². The Morgan fingerprint density at radius 1 is 1.05 bits per heavy atom. The standard InChI is InChI=1S/C29H29Cl2N5O5/c1-14-24(15(2)35(32-14)28(38)39)19-11-20-23(12-22(19)40-7)41-13-21-25(27(37)34(6)29(3,4)5)33-36(26(20)21)18-9-16(30)8-17(31)10-18/h8-12H,13H2,1-7H3,(H,38,39). The number of hydrogen-bond donors (Lipinski definition) is 1. The van der Waals surface area contributed by atoms with E-state index in [0.717, 1.165) is 4.68 Å². The van der Waals surface area contributed by atoms with Crippen molar-refractivity contribution in [2.24, 2.45) is 0 Å². The van der Waals surface area contributed by atoms with Crippen LogP contribution in [0.1, 0.15) is 48.2 Å². The third-order valence-corrected chi connectivity index (χ3v) is 7.70. The summed E-state index contributed by atoms with van der Waals surface area (Å²) in [6.45, 7) is 9.33. The number of hydrogen-bond acceptors (Lipinski definition) is 6. The second kappa shape index (κ2) is 10.1. The fourth-order valence-corrected chi connectivity index (χ4v) is 5.46. The van der Waals surface area contributed by atoms with Gasteiger partial charge in [-0.1, -0.05) is 23.2 Å². The first-order valence-electron chi connectivity index (χ1n) is 12.7. The fourth-order valence-electron chi connectivity index (χ4n) is 4.95. The number of methoxy groups -OCH3 is 1. The number of aryl methyl sites for hydroxylation is 1. The van der Waals surface area contributed by atoms with Crippen molar-refractivity contribution in [3.05, 3.63) is 63.0 Å². The molecule has 10 nitrogen and oxygen atoms in total. The van der Waals surface area contributed by atoms with E-state index in [1.54, 1.807) is 54.7 Å². The number of nitrogens with zero attached hydrogens (tertiary/aromatic N) is 5. The largest absolute Gasteiger partial charge is 0.496 e. The molecule has 1 aliphatic rings. The Morgan fingerprint density at radius 2 is 1.71 bits per heavy atom. The number of carboxylic acid groups (broad SMARTS) is 1. The highest BCUT2D eigenvalue weighted by atomic mass is 35.5. The van der Waals surface area contributed by atoms with Crippen LogP contribution in [0, 0.1) is 13.8 Å². The molecule has 1 aliphatic heterocycles. The fraction of sp³-hybridized carbons (Fsp3) is 0.310. The molecule has 4 aromatic rings. The zero-order chi connectivity index (χ0) is 30.0. The summed E-state index contributed by atoms with van der Waals surface area (Å²) in [5, 5.41) is 19.5. The molecule has 0 atom stereocenters. The molecule has 0 fully saturated rings. The van der Waals surface area contributed by atoms with E-state index in [9.17, 15) is 14.7 Å². The number of benzene rings is 2. The lowest BCUT2D eigenvalue weighted by molar-refractivity contribution is 0.0646. The molecule has 0 unspecified atom stereocenters. The lowest BCUT2D eigenvalue weighted by Gasteiger charge is -2.31. The third-order valence-electron chi connectivity index (χ3n) is 7.26. The summed E-state index contributed by atoms with van der Waals surface area (Å²) in [4.78, 5) is 27.2. The highest BCUT2D eigenvalue weighted by Crippen LogP contribution is 2.47. The molecule has 3 heterocycles. The van der Waals surface area contributed by atoms with Gasteiger partial charge in [0.2, 0.25) is 0 Å². The van der Waals surface area contributed by atoms with Crippen molar-refractivity contribution in [2.45, 2.75) is 46.8 Å². The van der Waals surface area contributed by atoms with Crippen molar-refractivity contribution in [2.75, 3.05) is 14.2 Å². The molecule has 1 N–H and O–H groups in total. The van der Waals surface area contributed by atoms with E-state index < -0.39 is 11.6 Å². The van der Waals surface area contributed by atoms with Gasteiger partial charge in [-0.3, -0.25) is 4.79 Å². The number of aromatic nitrogens is 4. The van der Waals surface area contributed by atoms with Crippen molar-refractivity contribution in [1.82, 2.24) is 24.5 Å². The Hall–Kier alpha value is -4.02. The van der Waals surface area contributed by atoms with Crippen LogP contribution in [0.2, 0.25) is 10.0 Å². The summed E-state index contributed by atoms with van der Waals surface area (Å²) in [6, 6.07) is 8.64. The van der Waals surface area contributed by atoms with Crippen LogP contribution in [-0.2, 0) is 6.61 Å². The molecule has 2 aromatic carbocycles. The maximum absolute atomic E-state index is 13.8. The minimum absolute atomic E-state index is 0.0905. The molecule has 5 rings (SSSR count). The summed E-state index contributed by atoms with van der Waals surface area (Å²) in [5.41, 5.74) is 4.36. The van der Waals surface area contributed by atoms with Crippen LogP contribution in [0.3, 0.4) is 0 Å². The van der Waals surface area contributed by atoms with Crippen molar-refractivity contribution in [3.8, 4) is 39.6 Å². The van der Waals surface area contributed by atoms with Gasteiger partial charge in [-0.05, 0) is 58.9 Å².